The van der Waals surface area contributed by atoms with E-state index >= 15 is 0 Å². The predicted octanol–water partition coefficient (Wildman–Crippen LogP) is 1.88. The third-order valence-corrected chi connectivity index (χ3v) is 6.40. The number of nitrogens with zero attached hydrogens (tertiary/aromatic N) is 3. The molecule has 0 radical (unpaired) electrons. The van der Waals surface area contributed by atoms with Crippen molar-refractivity contribution in [2.45, 2.75) is 25.6 Å². The van der Waals surface area contributed by atoms with Crippen molar-refractivity contribution in [3.05, 3.63) is 40.6 Å². The Morgan fingerprint density at radius 1 is 1.40 bits per heavy atom. The summed E-state index contributed by atoms with van der Waals surface area (Å²) in [6.07, 6.45) is 1.17. The largest absolute Gasteiger partial charge is 0.497 e. The molecule has 1 atom stereocenters. The van der Waals surface area contributed by atoms with E-state index in [0.29, 0.717) is 25.4 Å². The highest BCUT2D eigenvalue weighted by Gasteiger charge is 2.30. The van der Waals surface area contributed by atoms with Gasteiger partial charge in [-0.3, -0.25) is 4.90 Å². The summed E-state index contributed by atoms with van der Waals surface area (Å²) in [5.41, 5.74) is 1.04. The van der Waals surface area contributed by atoms with Crippen LogP contribution in [-0.2, 0) is 22.9 Å². The highest BCUT2D eigenvalue weighted by atomic mass is 32.2. The molecule has 0 bridgehead atoms. The van der Waals surface area contributed by atoms with Gasteiger partial charge in [0.05, 0.1) is 31.7 Å². The standard InChI is InChI=1S/C16H21N3O4S2/c1-18(13-7-8-25(20,21)10-13)11-19-16(24)23-15(17-19)9-12-3-5-14(22-2)6-4-12/h3-6,13H,7-11H2,1-2H3. The Balaban J connectivity index is 1.66. The second-order valence-corrected chi connectivity index (χ2v) is 8.82. The van der Waals surface area contributed by atoms with Crippen LogP contribution < -0.4 is 4.74 Å². The molecule has 1 aliphatic heterocycles. The lowest BCUT2D eigenvalue weighted by molar-refractivity contribution is 0.194. The first-order valence-electron chi connectivity index (χ1n) is 7.97. The summed E-state index contributed by atoms with van der Waals surface area (Å²) in [7, 11) is 0.591. The van der Waals surface area contributed by atoms with Gasteiger partial charge in [-0.2, -0.15) is 0 Å². The summed E-state index contributed by atoms with van der Waals surface area (Å²) in [5.74, 6) is 1.76. The van der Waals surface area contributed by atoms with Crippen LogP contribution in [0.3, 0.4) is 0 Å². The van der Waals surface area contributed by atoms with E-state index in [1.807, 2.05) is 36.2 Å². The first-order valence-corrected chi connectivity index (χ1v) is 10.2. The maximum absolute atomic E-state index is 11.6. The van der Waals surface area contributed by atoms with E-state index in [-0.39, 0.29) is 22.4 Å². The highest BCUT2D eigenvalue weighted by Crippen LogP contribution is 2.18. The summed E-state index contributed by atoms with van der Waals surface area (Å²) < 4.78 is 35.5. The molecule has 1 aromatic carbocycles. The Bertz CT molecular complexity index is 887. The van der Waals surface area contributed by atoms with E-state index in [0.717, 1.165) is 11.3 Å². The molecule has 1 aliphatic rings. The summed E-state index contributed by atoms with van der Waals surface area (Å²) in [6.45, 7) is 0.408. The Morgan fingerprint density at radius 2 is 2.12 bits per heavy atom. The van der Waals surface area contributed by atoms with Crippen LogP contribution in [0.5, 0.6) is 5.75 Å². The number of hydrogen-bond acceptors (Lipinski definition) is 7. The van der Waals surface area contributed by atoms with Crippen molar-refractivity contribution in [1.82, 2.24) is 14.7 Å². The number of hydrogen-bond donors (Lipinski definition) is 0. The van der Waals surface area contributed by atoms with Crippen molar-refractivity contribution in [2.75, 3.05) is 25.7 Å². The molecule has 0 aliphatic carbocycles. The molecule has 2 heterocycles. The molecular weight excluding hydrogens is 362 g/mol. The molecule has 9 heteroatoms. The maximum Gasteiger partial charge on any atom is 0.288 e. The topological polar surface area (TPSA) is 77.6 Å². The normalized spacial score (nSPS) is 19.4. The van der Waals surface area contributed by atoms with Crippen molar-refractivity contribution >= 4 is 22.1 Å². The third kappa shape index (κ3) is 4.47. The van der Waals surface area contributed by atoms with Gasteiger partial charge in [-0.15, -0.1) is 5.10 Å². The summed E-state index contributed by atoms with van der Waals surface area (Å²) in [6, 6.07) is 7.66. The molecule has 1 unspecified atom stereocenters. The van der Waals surface area contributed by atoms with Crippen LogP contribution in [0.1, 0.15) is 17.9 Å². The lowest BCUT2D eigenvalue weighted by Gasteiger charge is -2.22. The van der Waals surface area contributed by atoms with Crippen molar-refractivity contribution in [3.8, 4) is 5.75 Å². The number of methoxy groups -OCH3 is 1. The van der Waals surface area contributed by atoms with Crippen molar-refractivity contribution < 1.29 is 17.6 Å². The molecule has 0 saturated carbocycles. The molecule has 7 nitrogen and oxygen atoms in total. The SMILES string of the molecule is COc1ccc(Cc2nn(CN(C)C3CCS(=O)(=O)C3)c(=S)o2)cc1. The molecule has 2 aromatic rings. The van der Waals surface area contributed by atoms with Gasteiger partial charge in [0, 0.05) is 6.04 Å². The Hall–Kier alpha value is -1.71. The average Bonchev–Trinajstić information content (AvgIpc) is 3.10. The van der Waals surface area contributed by atoms with Gasteiger partial charge in [0.2, 0.25) is 5.89 Å². The minimum atomic E-state index is -2.92. The van der Waals surface area contributed by atoms with Crippen LogP contribution in [0.15, 0.2) is 28.7 Å². The van der Waals surface area contributed by atoms with Crippen molar-refractivity contribution in [1.29, 1.82) is 0 Å². The number of rotatable bonds is 6. The zero-order valence-corrected chi connectivity index (χ0v) is 15.8. The van der Waals surface area contributed by atoms with Crippen LogP contribution in [0.4, 0.5) is 0 Å². The van der Waals surface area contributed by atoms with E-state index < -0.39 is 9.84 Å². The molecule has 3 rings (SSSR count). The summed E-state index contributed by atoms with van der Waals surface area (Å²) >= 11 is 5.24. The molecule has 1 saturated heterocycles. The fourth-order valence-electron chi connectivity index (χ4n) is 2.88. The quantitative estimate of drug-likeness (QED) is 0.705. The monoisotopic (exact) mass is 383 g/mol. The molecular formula is C16H21N3O4S2. The third-order valence-electron chi connectivity index (χ3n) is 4.35. The van der Waals surface area contributed by atoms with Crippen LogP contribution in [0.2, 0.25) is 0 Å². The molecule has 25 heavy (non-hydrogen) atoms. The minimum absolute atomic E-state index is 0.00589. The van der Waals surface area contributed by atoms with E-state index in [2.05, 4.69) is 5.10 Å². The maximum atomic E-state index is 11.6. The fraction of sp³-hybridized carbons (Fsp3) is 0.500. The zero-order chi connectivity index (χ0) is 18.0. The van der Waals surface area contributed by atoms with Crippen LogP contribution in [0, 0.1) is 4.84 Å². The van der Waals surface area contributed by atoms with Gasteiger partial charge >= 0.3 is 0 Å². The van der Waals surface area contributed by atoms with Crippen LogP contribution in [0.25, 0.3) is 0 Å². The van der Waals surface area contributed by atoms with Crippen LogP contribution >= 0.6 is 12.2 Å². The van der Waals surface area contributed by atoms with Crippen LogP contribution in [-0.4, -0.2) is 54.8 Å². The molecule has 0 amide bonds. The Morgan fingerprint density at radius 3 is 2.72 bits per heavy atom. The zero-order valence-electron chi connectivity index (χ0n) is 14.2. The average molecular weight is 383 g/mol. The molecule has 0 spiro atoms. The van der Waals surface area contributed by atoms with Gasteiger partial charge in [-0.05, 0) is 43.4 Å². The van der Waals surface area contributed by atoms with Crippen molar-refractivity contribution in [2.24, 2.45) is 0 Å². The minimum Gasteiger partial charge on any atom is -0.497 e. The summed E-state index contributed by atoms with van der Waals surface area (Å²) in [5, 5.41) is 4.42. The smallest absolute Gasteiger partial charge is 0.288 e. The van der Waals surface area contributed by atoms with Gasteiger partial charge in [-0.25, -0.2) is 13.1 Å². The second kappa shape index (κ2) is 7.27. The fourth-order valence-corrected chi connectivity index (χ4v) is 4.88. The highest BCUT2D eigenvalue weighted by molar-refractivity contribution is 7.91. The number of benzene rings is 1. The lowest BCUT2D eigenvalue weighted by atomic mass is 10.1. The Kier molecular flexibility index (Phi) is 5.26. The van der Waals surface area contributed by atoms with Gasteiger partial charge in [-0.1, -0.05) is 12.1 Å². The first-order chi connectivity index (χ1) is 11.9. The number of aromatic nitrogens is 2. The molecule has 1 aromatic heterocycles. The van der Waals surface area contributed by atoms with E-state index in [9.17, 15) is 8.42 Å². The lowest BCUT2D eigenvalue weighted by Crippen LogP contribution is -2.34. The van der Waals surface area contributed by atoms with Gasteiger partial charge in [0.15, 0.2) is 9.84 Å². The molecule has 0 N–H and O–H groups in total. The molecule has 1 fully saturated rings. The van der Waals surface area contributed by atoms with Crippen molar-refractivity contribution in [3.63, 3.8) is 0 Å². The van der Waals surface area contributed by atoms with Gasteiger partial charge < -0.3 is 9.15 Å². The predicted molar refractivity (Wildman–Crippen MR) is 95.9 cm³/mol. The van der Waals surface area contributed by atoms with E-state index in [4.69, 9.17) is 21.4 Å². The second-order valence-electron chi connectivity index (χ2n) is 6.24. The Labute approximate surface area is 152 Å². The van der Waals surface area contributed by atoms with E-state index in [1.165, 1.54) is 0 Å². The van der Waals surface area contributed by atoms with E-state index in [1.54, 1.807) is 11.8 Å². The number of sulfone groups is 1. The van der Waals surface area contributed by atoms with Gasteiger partial charge in [0.25, 0.3) is 4.84 Å². The summed E-state index contributed by atoms with van der Waals surface area (Å²) in [4.78, 5) is 2.25. The van der Waals surface area contributed by atoms with Gasteiger partial charge in [0.1, 0.15) is 5.75 Å². The first kappa shape index (κ1) is 18.1. The number of ether oxygens (including phenoxy) is 1. The molecule has 136 valence electrons.